The van der Waals surface area contributed by atoms with Gasteiger partial charge in [0.25, 0.3) is 0 Å². The van der Waals surface area contributed by atoms with Crippen LogP contribution in [-0.4, -0.2) is 19.7 Å². The zero-order valence-corrected chi connectivity index (χ0v) is 12.8. The number of hydrogen-bond acceptors (Lipinski definition) is 2. The number of nitrogens with one attached hydrogen (secondary N) is 1. The maximum Gasteiger partial charge on any atom is 0.118 e. The van der Waals surface area contributed by atoms with E-state index in [4.69, 9.17) is 4.74 Å². The number of methoxy groups -OCH3 is 1. The summed E-state index contributed by atoms with van der Waals surface area (Å²) in [7, 11) is 1.72. The van der Waals surface area contributed by atoms with Crippen molar-refractivity contribution in [3.05, 3.63) is 29.8 Å². The van der Waals surface area contributed by atoms with Gasteiger partial charge in [-0.3, -0.25) is 0 Å². The van der Waals surface area contributed by atoms with Crippen molar-refractivity contribution in [2.75, 3.05) is 13.7 Å². The van der Waals surface area contributed by atoms with E-state index < -0.39 is 0 Å². The van der Waals surface area contributed by atoms with E-state index in [0.29, 0.717) is 5.41 Å². The molecule has 0 radical (unpaired) electrons. The Hall–Kier alpha value is -1.02. The van der Waals surface area contributed by atoms with E-state index in [-0.39, 0.29) is 0 Å². The third-order valence-corrected chi connectivity index (χ3v) is 5.35. The van der Waals surface area contributed by atoms with E-state index in [1.54, 1.807) is 7.11 Å². The number of rotatable bonds is 5. The number of ether oxygens (including phenoxy) is 1. The highest BCUT2D eigenvalue weighted by Crippen LogP contribution is 2.40. The Morgan fingerprint density at radius 3 is 2.40 bits per heavy atom. The summed E-state index contributed by atoms with van der Waals surface area (Å²) < 4.78 is 5.22. The summed E-state index contributed by atoms with van der Waals surface area (Å²) in [6, 6.07) is 9.33. The Labute approximate surface area is 122 Å². The standard InChI is InChI=1S/C18H27NO/c1-18(9-3-4-10-18)13-19-16-11-15(12-16)14-5-7-17(20-2)8-6-14/h5-8,15-16,19H,3-4,9-13H2,1-2H3. The third-order valence-electron chi connectivity index (χ3n) is 5.35. The molecule has 0 heterocycles. The minimum atomic E-state index is 0.575. The van der Waals surface area contributed by atoms with E-state index in [1.807, 2.05) is 0 Å². The van der Waals surface area contributed by atoms with Crippen molar-refractivity contribution in [2.24, 2.45) is 5.41 Å². The average Bonchev–Trinajstić information content (AvgIpc) is 2.85. The molecule has 2 aliphatic rings. The Kier molecular flexibility index (Phi) is 4.02. The minimum absolute atomic E-state index is 0.575. The molecule has 1 aromatic rings. The van der Waals surface area contributed by atoms with Crippen molar-refractivity contribution in [2.45, 2.75) is 57.4 Å². The Morgan fingerprint density at radius 2 is 1.80 bits per heavy atom. The lowest BCUT2D eigenvalue weighted by Gasteiger charge is -2.38. The van der Waals surface area contributed by atoms with E-state index in [0.717, 1.165) is 17.7 Å². The maximum atomic E-state index is 5.22. The molecule has 2 aliphatic carbocycles. The van der Waals surface area contributed by atoms with Crippen LogP contribution in [0.3, 0.4) is 0 Å². The van der Waals surface area contributed by atoms with E-state index in [9.17, 15) is 0 Å². The second-order valence-corrected chi connectivity index (χ2v) is 7.04. The fourth-order valence-corrected chi connectivity index (χ4v) is 3.73. The quantitative estimate of drug-likeness (QED) is 0.871. The first-order valence-electron chi connectivity index (χ1n) is 8.06. The molecule has 0 spiro atoms. The topological polar surface area (TPSA) is 21.3 Å². The molecule has 2 nitrogen and oxygen atoms in total. The predicted molar refractivity (Wildman–Crippen MR) is 83.3 cm³/mol. The molecule has 0 aliphatic heterocycles. The molecule has 1 aromatic carbocycles. The Bertz CT molecular complexity index is 427. The second kappa shape index (κ2) is 5.77. The molecule has 2 saturated carbocycles. The summed E-state index contributed by atoms with van der Waals surface area (Å²) in [6.07, 6.45) is 8.27. The minimum Gasteiger partial charge on any atom is -0.497 e. The van der Waals surface area contributed by atoms with Crippen molar-refractivity contribution in [1.29, 1.82) is 0 Å². The average molecular weight is 273 g/mol. The number of benzene rings is 1. The van der Waals surface area contributed by atoms with Crippen molar-refractivity contribution in [3.8, 4) is 5.75 Å². The van der Waals surface area contributed by atoms with Gasteiger partial charge in [0.15, 0.2) is 0 Å². The van der Waals surface area contributed by atoms with Gasteiger partial charge in [-0.15, -0.1) is 0 Å². The highest BCUT2D eigenvalue weighted by molar-refractivity contribution is 5.30. The van der Waals surface area contributed by atoms with Crippen LogP contribution in [0.1, 0.15) is 56.9 Å². The number of hydrogen-bond donors (Lipinski definition) is 1. The summed E-state index contributed by atoms with van der Waals surface area (Å²) >= 11 is 0. The molecule has 2 heteroatoms. The molecule has 0 saturated heterocycles. The Balaban J connectivity index is 1.44. The molecule has 2 fully saturated rings. The fraction of sp³-hybridized carbons (Fsp3) is 0.667. The normalized spacial score (nSPS) is 28.1. The van der Waals surface area contributed by atoms with Gasteiger partial charge in [-0.1, -0.05) is 31.9 Å². The van der Waals surface area contributed by atoms with Gasteiger partial charge >= 0.3 is 0 Å². The first-order chi connectivity index (χ1) is 9.68. The maximum absolute atomic E-state index is 5.22. The third kappa shape index (κ3) is 3.01. The molecular formula is C18H27NO. The van der Waals surface area contributed by atoms with Crippen LogP contribution in [-0.2, 0) is 0 Å². The molecule has 20 heavy (non-hydrogen) atoms. The first kappa shape index (κ1) is 13.9. The Morgan fingerprint density at radius 1 is 1.15 bits per heavy atom. The molecule has 0 bridgehead atoms. The van der Waals surface area contributed by atoms with Gasteiger partial charge < -0.3 is 10.1 Å². The summed E-state index contributed by atoms with van der Waals surface area (Å²) in [5.41, 5.74) is 2.04. The van der Waals surface area contributed by atoms with Gasteiger partial charge in [-0.25, -0.2) is 0 Å². The second-order valence-electron chi connectivity index (χ2n) is 7.04. The molecule has 0 amide bonds. The van der Waals surface area contributed by atoms with Crippen molar-refractivity contribution in [1.82, 2.24) is 5.32 Å². The van der Waals surface area contributed by atoms with Gasteiger partial charge in [0.05, 0.1) is 7.11 Å². The summed E-state index contributed by atoms with van der Waals surface area (Å²) in [4.78, 5) is 0. The molecule has 3 rings (SSSR count). The van der Waals surface area contributed by atoms with E-state index >= 15 is 0 Å². The fourth-order valence-electron chi connectivity index (χ4n) is 3.73. The largest absolute Gasteiger partial charge is 0.497 e. The highest BCUT2D eigenvalue weighted by atomic mass is 16.5. The van der Waals surface area contributed by atoms with Gasteiger partial charge in [-0.05, 0) is 54.7 Å². The lowest BCUT2D eigenvalue weighted by atomic mass is 9.75. The van der Waals surface area contributed by atoms with E-state index in [1.165, 1.54) is 50.6 Å². The molecule has 0 atom stereocenters. The van der Waals surface area contributed by atoms with Crippen LogP contribution < -0.4 is 10.1 Å². The monoisotopic (exact) mass is 273 g/mol. The van der Waals surface area contributed by atoms with Gasteiger partial charge in [-0.2, -0.15) is 0 Å². The highest BCUT2D eigenvalue weighted by Gasteiger charge is 2.33. The lowest BCUT2D eigenvalue weighted by Crippen LogP contribution is -2.44. The first-order valence-corrected chi connectivity index (χ1v) is 8.06. The molecule has 0 unspecified atom stereocenters. The molecular weight excluding hydrogens is 246 g/mol. The van der Waals surface area contributed by atoms with Crippen molar-refractivity contribution in [3.63, 3.8) is 0 Å². The van der Waals surface area contributed by atoms with Gasteiger partial charge in [0.2, 0.25) is 0 Å². The lowest BCUT2D eigenvalue weighted by molar-refractivity contribution is 0.234. The van der Waals surface area contributed by atoms with Crippen LogP contribution in [0, 0.1) is 5.41 Å². The predicted octanol–water partition coefficient (Wildman–Crippen LogP) is 4.11. The zero-order chi connectivity index (χ0) is 14.0. The van der Waals surface area contributed by atoms with Crippen LogP contribution in [0.25, 0.3) is 0 Å². The smallest absolute Gasteiger partial charge is 0.118 e. The van der Waals surface area contributed by atoms with Gasteiger partial charge in [0, 0.05) is 12.6 Å². The summed E-state index contributed by atoms with van der Waals surface area (Å²) in [5.74, 6) is 1.70. The van der Waals surface area contributed by atoms with Crippen LogP contribution in [0.5, 0.6) is 5.75 Å². The molecule has 1 N–H and O–H groups in total. The summed E-state index contributed by atoms with van der Waals surface area (Å²) in [6.45, 7) is 3.67. The van der Waals surface area contributed by atoms with Crippen LogP contribution in [0.2, 0.25) is 0 Å². The molecule has 110 valence electrons. The molecule has 0 aromatic heterocycles. The van der Waals surface area contributed by atoms with Crippen LogP contribution in [0.15, 0.2) is 24.3 Å². The van der Waals surface area contributed by atoms with Crippen molar-refractivity contribution < 1.29 is 4.74 Å². The van der Waals surface area contributed by atoms with Crippen LogP contribution >= 0.6 is 0 Å². The van der Waals surface area contributed by atoms with Gasteiger partial charge in [0.1, 0.15) is 5.75 Å². The zero-order valence-electron chi connectivity index (χ0n) is 12.8. The SMILES string of the molecule is COc1ccc(C2CC(NCC3(C)CCCC3)C2)cc1. The summed E-state index contributed by atoms with van der Waals surface area (Å²) in [5, 5.41) is 3.80. The van der Waals surface area contributed by atoms with Crippen molar-refractivity contribution >= 4 is 0 Å². The van der Waals surface area contributed by atoms with Crippen LogP contribution in [0.4, 0.5) is 0 Å². The van der Waals surface area contributed by atoms with E-state index in [2.05, 4.69) is 36.5 Å².